The van der Waals surface area contributed by atoms with Gasteiger partial charge in [0.25, 0.3) is 0 Å². The maximum absolute atomic E-state index is 5.76. The number of anilines is 1. The fraction of sp³-hybridized carbons (Fsp3) is 0.545. The van der Waals surface area contributed by atoms with Crippen LogP contribution >= 0.6 is 11.6 Å². The standard InChI is InChI=1S/C11H17ClN2O/c1-3-15-7-6-14(2)11-8-10(9-12)4-5-13-11/h4-5,8H,3,6-7,9H2,1-2H3. The molecule has 0 saturated heterocycles. The molecule has 84 valence electrons. The third-order valence-electron chi connectivity index (χ3n) is 2.13. The summed E-state index contributed by atoms with van der Waals surface area (Å²) in [5.74, 6) is 1.46. The monoisotopic (exact) mass is 228 g/mol. The van der Waals surface area contributed by atoms with Gasteiger partial charge in [0.2, 0.25) is 0 Å². The van der Waals surface area contributed by atoms with Crippen LogP contribution in [0.2, 0.25) is 0 Å². The molecule has 0 radical (unpaired) electrons. The first-order valence-electron chi connectivity index (χ1n) is 5.07. The number of hydrogen-bond donors (Lipinski definition) is 0. The zero-order valence-corrected chi connectivity index (χ0v) is 10.00. The molecule has 0 amide bonds. The summed E-state index contributed by atoms with van der Waals surface area (Å²) in [6, 6.07) is 3.92. The lowest BCUT2D eigenvalue weighted by Crippen LogP contribution is -2.23. The van der Waals surface area contributed by atoms with E-state index >= 15 is 0 Å². The summed E-state index contributed by atoms with van der Waals surface area (Å²) in [4.78, 5) is 6.34. The number of halogens is 1. The van der Waals surface area contributed by atoms with Crippen molar-refractivity contribution in [2.45, 2.75) is 12.8 Å². The van der Waals surface area contributed by atoms with Crippen molar-refractivity contribution in [1.29, 1.82) is 0 Å². The van der Waals surface area contributed by atoms with E-state index in [4.69, 9.17) is 16.3 Å². The first-order chi connectivity index (χ1) is 7.27. The Morgan fingerprint density at radius 3 is 3.00 bits per heavy atom. The second kappa shape index (κ2) is 6.64. The van der Waals surface area contributed by atoms with Crippen LogP contribution < -0.4 is 4.90 Å². The summed E-state index contributed by atoms with van der Waals surface area (Å²) < 4.78 is 5.29. The predicted octanol–water partition coefficient (Wildman–Crippen LogP) is 2.29. The second-order valence-corrected chi connectivity index (χ2v) is 3.54. The van der Waals surface area contributed by atoms with Crippen LogP contribution in [0.1, 0.15) is 12.5 Å². The summed E-state index contributed by atoms with van der Waals surface area (Å²) in [5.41, 5.74) is 1.09. The van der Waals surface area contributed by atoms with Crippen molar-refractivity contribution < 1.29 is 4.74 Å². The van der Waals surface area contributed by atoms with Crippen molar-refractivity contribution >= 4 is 17.4 Å². The third-order valence-corrected chi connectivity index (χ3v) is 2.44. The SMILES string of the molecule is CCOCCN(C)c1cc(CCl)ccn1. The Labute approximate surface area is 96.0 Å². The van der Waals surface area contributed by atoms with E-state index in [0.717, 1.165) is 31.1 Å². The molecular formula is C11H17ClN2O. The first-order valence-corrected chi connectivity index (χ1v) is 5.61. The van der Waals surface area contributed by atoms with Crippen LogP contribution in [0.4, 0.5) is 5.82 Å². The van der Waals surface area contributed by atoms with E-state index in [-0.39, 0.29) is 0 Å². The molecule has 3 nitrogen and oxygen atoms in total. The Bertz CT molecular complexity index is 294. The molecule has 0 aromatic carbocycles. The molecule has 0 aliphatic heterocycles. The molecule has 1 heterocycles. The highest BCUT2D eigenvalue weighted by molar-refractivity contribution is 6.17. The van der Waals surface area contributed by atoms with Gasteiger partial charge in [0, 0.05) is 32.3 Å². The maximum Gasteiger partial charge on any atom is 0.128 e. The molecule has 4 heteroatoms. The lowest BCUT2D eigenvalue weighted by Gasteiger charge is -2.18. The van der Waals surface area contributed by atoms with Crippen molar-refractivity contribution in [2.24, 2.45) is 0 Å². The molecule has 0 bridgehead atoms. The summed E-state index contributed by atoms with van der Waals surface area (Å²) in [7, 11) is 2.00. The van der Waals surface area contributed by atoms with Crippen molar-refractivity contribution in [3.05, 3.63) is 23.9 Å². The van der Waals surface area contributed by atoms with Crippen molar-refractivity contribution in [2.75, 3.05) is 31.7 Å². The maximum atomic E-state index is 5.76. The number of alkyl halides is 1. The minimum atomic E-state index is 0.523. The predicted molar refractivity (Wildman–Crippen MR) is 63.6 cm³/mol. The van der Waals surface area contributed by atoms with Gasteiger partial charge in [-0.15, -0.1) is 11.6 Å². The lowest BCUT2D eigenvalue weighted by molar-refractivity contribution is 0.154. The van der Waals surface area contributed by atoms with E-state index < -0.39 is 0 Å². The summed E-state index contributed by atoms with van der Waals surface area (Å²) >= 11 is 5.76. The fourth-order valence-electron chi connectivity index (χ4n) is 1.21. The van der Waals surface area contributed by atoms with E-state index in [2.05, 4.69) is 9.88 Å². The number of rotatable bonds is 6. The highest BCUT2D eigenvalue weighted by Gasteiger charge is 2.02. The quantitative estimate of drug-likeness (QED) is 0.552. The normalized spacial score (nSPS) is 10.3. The molecule has 0 N–H and O–H groups in total. The van der Waals surface area contributed by atoms with Crippen molar-refractivity contribution in [3.63, 3.8) is 0 Å². The molecular weight excluding hydrogens is 212 g/mol. The topological polar surface area (TPSA) is 25.4 Å². The average Bonchev–Trinajstić information content (AvgIpc) is 2.29. The average molecular weight is 229 g/mol. The summed E-state index contributed by atoms with van der Waals surface area (Å²) in [6.07, 6.45) is 1.78. The van der Waals surface area contributed by atoms with E-state index in [1.54, 1.807) is 6.20 Å². The first kappa shape index (κ1) is 12.3. The molecule has 0 aliphatic carbocycles. The number of likely N-dealkylation sites (N-methyl/N-ethyl adjacent to an activating group) is 1. The van der Waals surface area contributed by atoms with Crippen LogP contribution in [0.15, 0.2) is 18.3 Å². The Hall–Kier alpha value is -0.800. The Morgan fingerprint density at radius 1 is 1.53 bits per heavy atom. The molecule has 1 rings (SSSR count). The summed E-state index contributed by atoms with van der Waals surface area (Å²) in [6.45, 7) is 4.31. The van der Waals surface area contributed by atoms with Crippen LogP contribution in [-0.4, -0.2) is 31.8 Å². The highest BCUT2D eigenvalue weighted by atomic mass is 35.5. The Morgan fingerprint density at radius 2 is 2.33 bits per heavy atom. The highest BCUT2D eigenvalue weighted by Crippen LogP contribution is 2.12. The lowest BCUT2D eigenvalue weighted by atomic mass is 10.3. The molecule has 0 unspecified atom stereocenters. The van der Waals surface area contributed by atoms with Gasteiger partial charge in [0.05, 0.1) is 6.61 Å². The Kier molecular flexibility index (Phi) is 5.43. The molecule has 0 saturated carbocycles. The van der Waals surface area contributed by atoms with Crippen molar-refractivity contribution in [1.82, 2.24) is 4.98 Å². The van der Waals surface area contributed by atoms with Crippen LogP contribution in [0, 0.1) is 0 Å². The zero-order chi connectivity index (χ0) is 11.1. The van der Waals surface area contributed by atoms with Crippen LogP contribution in [0.3, 0.4) is 0 Å². The smallest absolute Gasteiger partial charge is 0.128 e. The molecule has 0 spiro atoms. The molecule has 1 aromatic heterocycles. The van der Waals surface area contributed by atoms with Crippen molar-refractivity contribution in [3.8, 4) is 0 Å². The molecule has 0 atom stereocenters. The summed E-state index contributed by atoms with van der Waals surface area (Å²) in [5, 5.41) is 0. The number of nitrogens with zero attached hydrogens (tertiary/aromatic N) is 2. The molecule has 0 aliphatic rings. The molecule has 1 aromatic rings. The van der Waals surface area contributed by atoms with E-state index in [1.165, 1.54) is 0 Å². The van der Waals surface area contributed by atoms with Gasteiger partial charge in [-0.1, -0.05) is 0 Å². The van der Waals surface area contributed by atoms with E-state index in [0.29, 0.717) is 5.88 Å². The van der Waals surface area contributed by atoms with Crippen LogP contribution in [0.25, 0.3) is 0 Å². The van der Waals surface area contributed by atoms with E-state index in [9.17, 15) is 0 Å². The van der Waals surface area contributed by atoms with Gasteiger partial charge in [-0.3, -0.25) is 0 Å². The van der Waals surface area contributed by atoms with Gasteiger partial charge in [0.15, 0.2) is 0 Å². The van der Waals surface area contributed by atoms with E-state index in [1.807, 2.05) is 26.1 Å². The van der Waals surface area contributed by atoms with Gasteiger partial charge in [-0.25, -0.2) is 4.98 Å². The number of pyridine rings is 1. The van der Waals surface area contributed by atoms with Gasteiger partial charge in [0.1, 0.15) is 5.82 Å². The number of hydrogen-bond acceptors (Lipinski definition) is 3. The number of ether oxygens (including phenoxy) is 1. The zero-order valence-electron chi connectivity index (χ0n) is 9.24. The fourth-order valence-corrected chi connectivity index (χ4v) is 1.38. The Balaban J connectivity index is 2.52. The van der Waals surface area contributed by atoms with Gasteiger partial charge in [-0.2, -0.15) is 0 Å². The largest absolute Gasteiger partial charge is 0.380 e. The van der Waals surface area contributed by atoms with Gasteiger partial charge >= 0.3 is 0 Å². The minimum absolute atomic E-state index is 0.523. The minimum Gasteiger partial charge on any atom is -0.380 e. The molecule has 0 fully saturated rings. The van der Waals surface area contributed by atoms with Crippen LogP contribution in [0.5, 0.6) is 0 Å². The third kappa shape index (κ3) is 4.06. The molecule has 15 heavy (non-hydrogen) atoms. The second-order valence-electron chi connectivity index (χ2n) is 3.27. The van der Waals surface area contributed by atoms with Crippen LogP contribution in [-0.2, 0) is 10.6 Å². The van der Waals surface area contributed by atoms with Gasteiger partial charge < -0.3 is 9.64 Å². The number of aromatic nitrogens is 1. The van der Waals surface area contributed by atoms with Gasteiger partial charge in [-0.05, 0) is 24.6 Å².